The van der Waals surface area contributed by atoms with Crippen LogP contribution in [0.1, 0.15) is 30.0 Å². The molecule has 3 rings (SSSR count). The molecule has 37 heavy (non-hydrogen) atoms. The number of rotatable bonds is 14. The predicted molar refractivity (Wildman–Crippen MR) is 141 cm³/mol. The van der Waals surface area contributed by atoms with E-state index in [0.29, 0.717) is 0 Å². The van der Waals surface area contributed by atoms with Crippen molar-refractivity contribution in [3.8, 4) is 0 Å². The summed E-state index contributed by atoms with van der Waals surface area (Å²) in [5, 5.41) is 0. The lowest BCUT2D eigenvalue weighted by Gasteiger charge is -2.39. The summed E-state index contributed by atoms with van der Waals surface area (Å²) in [6.45, 7) is 1.54. The zero-order chi connectivity index (χ0) is 26.9. The Balaban J connectivity index is 2.01. The minimum atomic E-state index is -3.92. The van der Waals surface area contributed by atoms with E-state index >= 15 is 0 Å². The van der Waals surface area contributed by atoms with Crippen molar-refractivity contribution in [1.82, 2.24) is 0 Å². The van der Waals surface area contributed by atoms with Crippen LogP contribution in [0.5, 0.6) is 0 Å². The van der Waals surface area contributed by atoms with Gasteiger partial charge in [-0.1, -0.05) is 91.0 Å². The van der Waals surface area contributed by atoms with Gasteiger partial charge in [0.2, 0.25) is 0 Å². The maximum atomic E-state index is 12.3. The summed E-state index contributed by atoms with van der Waals surface area (Å²) in [5.41, 5.74) is 1.14. The maximum absolute atomic E-state index is 12.3. The molecule has 0 unspecified atom stereocenters. The zero-order valence-corrected chi connectivity index (χ0v) is 22.7. The van der Waals surface area contributed by atoms with Gasteiger partial charge in [0.05, 0.1) is 31.8 Å². The molecule has 3 aromatic rings. The molecule has 10 heteroatoms. The largest absolute Gasteiger partial charge is 0.376 e. The summed E-state index contributed by atoms with van der Waals surface area (Å²) in [6.07, 6.45) is 0.178. The minimum absolute atomic E-state index is 0.0129. The van der Waals surface area contributed by atoms with E-state index in [1.54, 1.807) is 6.92 Å². The predicted octanol–water partition coefficient (Wildman–Crippen LogP) is 4.07. The van der Waals surface area contributed by atoms with E-state index in [4.69, 9.17) is 17.8 Å². The second kappa shape index (κ2) is 12.8. The van der Waals surface area contributed by atoms with Crippen LogP contribution in [-0.2, 0) is 43.7 Å². The Labute approximate surface area is 219 Å². The average Bonchev–Trinajstić information content (AvgIpc) is 2.85. The smallest absolute Gasteiger partial charge is 0.266 e. The summed E-state index contributed by atoms with van der Waals surface area (Å²) in [5.74, 6) is 0. The van der Waals surface area contributed by atoms with E-state index in [0.717, 1.165) is 29.2 Å². The molecule has 0 saturated carbocycles. The molecule has 0 aromatic heterocycles. The highest BCUT2D eigenvalue weighted by molar-refractivity contribution is 7.86. The molecule has 0 aliphatic carbocycles. The summed E-state index contributed by atoms with van der Waals surface area (Å²) in [7, 11) is -7.51. The monoisotopic (exact) mass is 548 g/mol. The Bertz CT molecular complexity index is 1220. The molecule has 0 radical (unpaired) electrons. The van der Waals surface area contributed by atoms with Gasteiger partial charge in [-0.2, -0.15) is 16.8 Å². The lowest BCUT2D eigenvalue weighted by molar-refractivity contribution is -0.158. The van der Waals surface area contributed by atoms with Gasteiger partial charge in [-0.15, -0.1) is 0 Å². The molecule has 0 fully saturated rings. The molecule has 0 bridgehead atoms. The lowest BCUT2D eigenvalue weighted by Crippen LogP contribution is -2.40. The van der Waals surface area contributed by atoms with Crippen LogP contribution in [0.4, 0.5) is 0 Å². The van der Waals surface area contributed by atoms with E-state index < -0.39 is 38.2 Å². The van der Waals surface area contributed by atoms with Gasteiger partial charge < -0.3 is 9.47 Å². The standard InChI is InChI=1S/C27H32O8S2/c1-22(32-19-20-33-36(2,28)29)21-26(35-37(3,30)31)34-27(23-13-7-4-8-14-23,24-15-9-5-10-16-24)25-17-11-6-12-18-25/h4-18,22,26H,19-21H2,1-3H3/t22-,26-/m0/s1. The van der Waals surface area contributed by atoms with E-state index in [2.05, 4.69) is 0 Å². The van der Waals surface area contributed by atoms with Crippen LogP contribution in [0.3, 0.4) is 0 Å². The van der Waals surface area contributed by atoms with Gasteiger partial charge in [0.15, 0.2) is 6.29 Å². The summed E-state index contributed by atoms with van der Waals surface area (Å²) < 4.78 is 69.4. The van der Waals surface area contributed by atoms with Crippen LogP contribution in [0.25, 0.3) is 0 Å². The van der Waals surface area contributed by atoms with Crippen LogP contribution in [-0.4, -0.2) is 55.0 Å². The molecule has 200 valence electrons. The second-order valence-electron chi connectivity index (χ2n) is 8.57. The van der Waals surface area contributed by atoms with Gasteiger partial charge in [-0.25, -0.2) is 4.18 Å². The molecule has 0 aliphatic heterocycles. The molecule has 0 spiro atoms. The van der Waals surface area contributed by atoms with Crippen molar-refractivity contribution in [2.24, 2.45) is 0 Å². The summed E-state index contributed by atoms with van der Waals surface area (Å²) >= 11 is 0. The highest BCUT2D eigenvalue weighted by atomic mass is 32.2. The first kappa shape index (κ1) is 29.0. The first-order chi connectivity index (χ1) is 17.5. The van der Waals surface area contributed by atoms with Crippen LogP contribution in [0.2, 0.25) is 0 Å². The molecule has 0 amide bonds. The number of benzene rings is 3. The first-order valence-corrected chi connectivity index (χ1v) is 15.3. The van der Waals surface area contributed by atoms with E-state index in [-0.39, 0.29) is 19.6 Å². The van der Waals surface area contributed by atoms with Gasteiger partial charge in [0.25, 0.3) is 20.2 Å². The number of hydrogen-bond donors (Lipinski definition) is 0. The Hall–Kier alpha value is -2.60. The third kappa shape index (κ3) is 8.74. The molecule has 0 N–H and O–H groups in total. The zero-order valence-electron chi connectivity index (χ0n) is 21.0. The van der Waals surface area contributed by atoms with Gasteiger partial charge in [0, 0.05) is 6.42 Å². The normalized spacial score (nSPS) is 14.2. The van der Waals surface area contributed by atoms with Crippen molar-refractivity contribution in [3.05, 3.63) is 108 Å². The minimum Gasteiger partial charge on any atom is -0.376 e. The SMILES string of the molecule is C[C@@H](C[C@@H](OC(c1ccccc1)(c1ccccc1)c1ccccc1)OS(C)(=O)=O)OCCOS(C)(=O)=O. The molecule has 0 aliphatic rings. The van der Waals surface area contributed by atoms with Crippen molar-refractivity contribution in [2.45, 2.75) is 31.3 Å². The third-order valence-electron chi connectivity index (χ3n) is 5.44. The molecule has 3 aromatic carbocycles. The average molecular weight is 549 g/mol. The van der Waals surface area contributed by atoms with Crippen molar-refractivity contribution < 1.29 is 34.7 Å². The Morgan fingerprint density at radius 2 is 1.11 bits per heavy atom. The second-order valence-corrected chi connectivity index (χ2v) is 11.8. The third-order valence-corrected chi connectivity index (χ3v) is 6.60. The highest BCUT2D eigenvalue weighted by Crippen LogP contribution is 2.42. The van der Waals surface area contributed by atoms with E-state index in [1.807, 2.05) is 91.0 Å². The van der Waals surface area contributed by atoms with Gasteiger partial charge in [-0.3, -0.25) is 4.18 Å². The highest BCUT2D eigenvalue weighted by Gasteiger charge is 2.41. The van der Waals surface area contributed by atoms with E-state index in [1.165, 1.54) is 0 Å². The van der Waals surface area contributed by atoms with Gasteiger partial charge in [0.1, 0.15) is 5.60 Å². The van der Waals surface area contributed by atoms with Crippen molar-refractivity contribution in [1.29, 1.82) is 0 Å². The Morgan fingerprint density at radius 1 is 0.676 bits per heavy atom. The van der Waals surface area contributed by atoms with Crippen molar-refractivity contribution >= 4 is 20.2 Å². The van der Waals surface area contributed by atoms with Crippen LogP contribution in [0.15, 0.2) is 91.0 Å². The van der Waals surface area contributed by atoms with Crippen LogP contribution in [0, 0.1) is 0 Å². The topological polar surface area (TPSA) is 105 Å². The molecule has 0 heterocycles. The molecule has 8 nitrogen and oxygen atoms in total. The lowest BCUT2D eigenvalue weighted by atomic mass is 9.80. The summed E-state index contributed by atoms with van der Waals surface area (Å²) in [6, 6.07) is 28.5. The van der Waals surface area contributed by atoms with E-state index in [9.17, 15) is 16.8 Å². The van der Waals surface area contributed by atoms with Gasteiger partial charge in [-0.05, 0) is 23.6 Å². The number of ether oxygens (including phenoxy) is 2. The maximum Gasteiger partial charge on any atom is 0.266 e. The fraction of sp³-hybridized carbons (Fsp3) is 0.333. The van der Waals surface area contributed by atoms with Crippen LogP contribution < -0.4 is 0 Å². The molecular weight excluding hydrogens is 516 g/mol. The first-order valence-electron chi connectivity index (χ1n) is 11.7. The van der Waals surface area contributed by atoms with Gasteiger partial charge >= 0.3 is 0 Å². The molecule has 0 saturated heterocycles. The van der Waals surface area contributed by atoms with Crippen molar-refractivity contribution in [2.75, 3.05) is 25.7 Å². The van der Waals surface area contributed by atoms with Crippen molar-refractivity contribution in [3.63, 3.8) is 0 Å². The summed E-state index contributed by atoms with van der Waals surface area (Å²) in [4.78, 5) is 0. The molecular formula is C27H32O8S2. The quantitative estimate of drug-likeness (QED) is 0.129. The molecule has 2 atom stereocenters. The fourth-order valence-corrected chi connectivity index (χ4v) is 4.87. The number of hydrogen-bond acceptors (Lipinski definition) is 8. The fourth-order valence-electron chi connectivity index (χ4n) is 4.00. The Morgan fingerprint density at radius 3 is 1.49 bits per heavy atom. The van der Waals surface area contributed by atoms with Crippen LogP contribution >= 0.6 is 0 Å². The Kier molecular flexibility index (Phi) is 10.00.